The molecule has 0 saturated heterocycles. The number of benzene rings is 3. The third-order valence-corrected chi connectivity index (χ3v) is 5.05. The third kappa shape index (κ3) is 6.82. The first kappa shape index (κ1) is 22.3. The smallest absolute Gasteiger partial charge is 0.259 e. The van der Waals surface area contributed by atoms with Crippen LogP contribution in [0, 0.1) is 0 Å². The third-order valence-electron chi connectivity index (χ3n) is 5.05. The van der Waals surface area contributed by atoms with Crippen LogP contribution in [0.2, 0.25) is 0 Å². The number of anilines is 1. The van der Waals surface area contributed by atoms with E-state index in [0.29, 0.717) is 34.7 Å². The Hall–Kier alpha value is -3.40. The Kier molecular flexibility index (Phi) is 8.41. The predicted molar refractivity (Wildman–Crippen MR) is 125 cm³/mol. The van der Waals surface area contributed by atoms with E-state index in [4.69, 9.17) is 4.74 Å². The van der Waals surface area contributed by atoms with Crippen molar-refractivity contribution in [1.82, 2.24) is 0 Å². The molecule has 3 aromatic carbocycles. The van der Waals surface area contributed by atoms with Crippen LogP contribution in [0.15, 0.2) is 78.9 Å². The van der Waals surface area contributed by atoms with Crippen molar-refractivity contribution in [3.63, 3.8) is 0 Å². The molecule has 0 aliphatic heterocycles. The second kappa shape index (κ2) is 11.7. The minimum absolute atomic E-state index is 0.122. The largest absolute Gasteiger partial charge is 0.457 e. The molecule has 0 fully saturated rings. The van der Waals surface area contributed by atoms with E-state index < -0.39 is 0 Å². The molecular weight excluding hydrogens is 386 g/mol. The lowest BCUT2D eigenvalue weighted by atomic mass is 10.0. The maximum absolute atomic E-state index is 12.7. The number of unbranched alkanes of at least 4 members (excludes halogenated alkanes) is 4. The van der Waals surface area contributed by atoms with Crippen molar-refractivity contribution >= 4 is 17.4 Å². The van der Waals surface area contributed by atoms with Crippen LogP contribution in [0.5, 0.6) is 11.5 Å². The highest BCUT2D eigenvalue weighted by molar-refractivity contribution is 6.06. The number of rotatable bonds is 11. The molecule has 0 unspecified atom stereocenters. The van der Waals surface area contributed by atoms with Crippen LogP contribution in [-0.4, -0.2) is 11.7 Å². The molecule has 1 amide bonds. The number of nitrogens with one attached hydrogen (secondary N) is 1. The van der Waals surface area contributed by atoms with Gasteiger partial charge in [-0.1, -0.05) is 75.1 Å². The predicted octanol–water partition coefficient (Wildman–Crippen LogP) is 7.27. The number of Topliss-reactive ketones (excluding diaryl/α,β-unsaturated/α-hetero) is 1. The van der Waals surface area contributed by atoms with Crippen LogP contribution in [0.3, 0.4) is 0 Å². The molecule has 0 aromatic heterocycles. The quantitative estimate of drug-likeness (QED) is 0.264. The average Bonchev–Trinajstić information content (AvgIpc) is 2.80. The summed E-state index contributed by atoms with van der Waals surface area (Å²) < 4.78 is 6.00. The van der Waals surface area contributed by atoms with Crippen LogP contribution in [0.25, 0.3) is 0 Å². The molecule has 4 heteroatoms. The minimum Gasteiger partial charge on any atom is -0.457 e. The summed E-state index contributed by atoms with van der Waals surface area (Å²) in [7, 11) is 0. The number of hydrogen-bond acceptors (Lipinski definition) is 3. The fraction of sp³-hybridized carbons (Fsp3) is 0.259. The second-order valence-electron chi connectivity index (χ2n) is 7.53. The molecule has 0 bridgehead atoms. The summed E-state index contributed by atoms with van der Waals surface area (Å²) in [6, 6.07) is 23.6. The summed E-state index contributed by atoms with van der Waals surface area (Å²) >= 11 is 0. The summed E-state index contributed by atoms with van der Waals surface area (Å²) in [5, 5.41) is 2.88. The Morgan fingerprint density at radius 1 is 0.806 bits per heavy atom. The Bertz CT molecular complexity index is 998. The zero-order chi connectivity index (χ0) is 21.9. The van der Waals surface area contributed by atoms with E-state index in [9.17, 15) is 9.59 Å². The Morgan fingerprint density at radius 3 is 2.35 bits per heavy atom. The van der Waals surface area contributed by atoms with E-state index in [-0.39, 0.29) is 11.7 Å². The molecule has 160 valence electrons. The number of ketones is 1. The van der Waals surface area contributed by atoms with Gasteiger partial charge in [-0.25, -0.2) is 0 Å². The number of carbonyl (C=O) groups is 2. The molecule has 1 N–H and O–H groups in total. The molecular formula is C27H29NO3. The van der Waals surface area contributed by atoms with Gasteiger partial charge in [0.15, 0.2) is 5.78 Å². The molecule has 0 heterocycles. The number of para-hydroxylation sites is 2. The van der Waals surface area contributed by atoms with Crippen molar-refractivity contribution in [1.29, 1.82) is 0 Å². The Morgan fingerprint density at radius 2 is 1.55 bits per heavy atom. The monoisotopic (exact) mass is 415 g/mol. The molecule has 0 saturated carbocycles. The Labute approximate surface area is 184 Å². The van der Waals surface area contributed by atoms with Gasteiger partial charge in [-0.3, -0.25) is 9.59 Å². The molecule has 0 spiro atoms. The second-order valence-corrected chi connectivity index (χ2v) is 7.53. The van der Waals surface area contributed by atoms with E-state index in [1.54, 1.807) is 30.3 Å². The fourth-order valence-electron chi connectivity index (χ4n) is 3.36. The van der Waals surface area contributed by atoms with Crippen LogP contribution >= 0.6 is 0 Å². The first-order valence-electron chi connectivity index (χ1n) is 10.9. The topological polar surface area (TPSA) is 55.4 Å². The van der Waals surface area contributed by atoms with E-state index >= 15 is 0 Å². The lowest BCUT2D eigenvalue weighted by Crippen LogP contribution is -2.12. The van der Waals surface area contributed by atoms with Gasteiger partial charge < -0.3 is 10.1 Å². The molecule has 0 aliphatic carbocycles. The summed E-state index contributed by atoms with van der Waals surface area (Å²) in [4.78, 5) is 25.3. The van der Waals surface area contributed by atoms with Crippen molar-refractivity contribution in [3.05, 3.63) is 90.0 Å². The molecule has 0 aliphatic rings. The molecule has 0 radical (unpaired) electrons. The maximum Gasteiger partial charge on any atom is 0.259 e. The van der Waals surface area contributed by atoms with Gasteiger partial charge in [0.1, 0.15) is 11.5 Å². The van der Waals surface area contributed by atoms with Crippen molar-refractivity contribution in [2.24, 2.45) is 0 Å². The summed E-state index contributed by atoms with van der Waals surface area (Å²) in [6.45, 7) is 2.18. The highest BCUT2D eigenvalue weighted by Crippen LogP contribution is 2.27. The van der Waals surface area contributed by atoms with Crippen molar-refractivity contribution in [2.45, 2.75) is 45.4 Å². The lowest BCUT2D eigenvalue weighted by molar-refractivity contribution is 0.0977. The molecule has 0 atom stereocenters. The van der Waals surface area contributed by atoms with Crippen molar-refractivity contribution in [2.75, 3.05) is 5.32 Å². The first-order chi connectivity index (χ1) is 15.2. The zero-order valence-corrected chi connectivity index (χ0v) is 18.0. The number of hydrogen-bond donors (Lipinski definition) is 1. The zero-order valence-electron chi connectivity index (χ0n) is 18.0. The van der Waals surface area contributed by atoms with Crippen molar-refractivity contribution in [3.8, 4) is 11.5 Å². The van der Waals surface area contributed by atoms with Crippen LogP contribution in [0.1, 0.15) is 66.2 Å². The van der Waals surface area contributed by atoms with Gasteiger partial charge >= 0.3 is 0 Å². The lowest BCUT2D eigenvalue weighted by Gasteiger charge is -2.12. The molecule has 3 rings (SSSR count). The Balaban J connectivity index is 1.67. The van der Waals surface area contributed by atoms with E-state index in [1.165, 1.54) is 19.3 Å². The van der Waals surface area contributed by atoms with E-state index in [2.05, 4.69) is 12.2 Å². The van der Waals surface area contributed by atoms with Gasteiger partial charge in [-0.05, 0) is 42.8 Å². The SMILES string of the molecule is CCCCCCCC(=O)c1cccc(Oc2ccccc2C(=O)Nc2ccccc2)c1. The minimum atomic E-state index is -0.249. The van der Waals surface area contributed by atoms with Gasteiger partial charge in [0.25, 0.3) is 5.91 Å². The number of ether oxygens (including phenoxy) is 1. The highest BCUT2D eigenvalue weighted by Gasteiger charge is 2.14. The molecule has 4 nitrogen and oxygen atoms in total. The van der Waals surface area contributed by atoms with Gasteiger partial charge in [0.2, 0.25) is 0 Å². The normalized spacial score (nSPS) is 10.5. The van der Waals surface area contributed by atoms with Gasteiger partial charge in [-0.2, -0.15) is 0 Å². The molecule has 31 heavy (non-hydrogen) atoms. The molecule has 3 aromatic rings. The number of carbonyl (C=O) groups excluding carboxylic acids is 2. The first-order valence-corrected chi connectivity index (χ1v) is 10.9. The van der Waals surface area contributed by atoms with Crippen LogP contribution in [-0.2, 0) is 0 Å². The van der Waals surface area contributed by atoms with E-state index in [0.717, 1.165) is 12.8 Å². The van der Waals surface area contributed by atoms with Crippen LogP contribution < -0.4 is 10.1 Å². The summed E-state index contributed by atoms with van der Waals surface area (Å²) in [5.41, 5.74) is 1.78. The number of amides is 1. The highest BCUT2D eigenvalue weighted by atomic mass is 16.5. The standard InChI is InChI=1S/C27H29NO3/c1-2-3-4-5-9-18-25(29)21-13-12-16-23(20-21)31-26-19-11-10-17-24(26)27(30)28-22-14-7-6-8-15-22/h6-8,10-17,19-20H,2-5,9,18H2,1H3,(H,28,30). The summed E-state index contributed by atoms with van der Waals surface area (Å²) in [6.07, 6.45) is 6.12. The van der Waals surface area contributed by atoms with E-state index in [1.807, 2.05) is 48.5 Å². The fourth-order valence-corrected chi connectivity index (χ4v) is 3.36. The van der Waals surface area contributed by atoms with Gasteiger partial charge in [0, 0.05) is 17.7 Å². The summed E-state index contributed by atoms with van der Waals surface area (Å²) in [5.74, 6) is 0.857. The van der Waals surface area contributed by atoms with Gasteiger partial charge in [-0.15, -0.1) is 0 Å². The average molecular weight is 416 g/mol. The maximum atomic E-state index is 12.7. The van der Waals surface area contributed by atoms with Crippen LogP contribution in [0.4, 0.5) is 5.69 Å². The van der Waals surface area contributed by atoms with Crippen molar-refractivity contribution < 1.29 is 14.3 Å². The van der Waals surface area contributed by atoms with Gasteiger partial charge in [0.05, 0.1) is 5.56 Å².